The Morgan fingerprint density at radius 1 is 1.21 bits per heavy atom. The van der Waals surface area contributed by atoms with E-state index in [2.05, 4.69) is 5.16 Å². The molecule has 0 radical (unpaired) electrons. The van der Waals surface area contributed by atoms with Crippen molar-refractivity contribution in [3.63, 3.8) is 0 Å². The topological polar surface area (TPSA) is 67.8 Å². The van der Waals surface area contributed by atoms with Gasteiger partial charge in [0.05, 0.1) is 0 Å². The predicted molar refractivity (Wildman–Crippen MR) is 75.2 cm³/mol. The lowest BCUT2D eigenvalue weighted by atomic mass is 10.2. The van der Waals surface area contributed by atoms with E-state index in [0.29, 0.717) is 22.1 Å². The van der Waals surface area contributed by atoms with Crippen molar-refractivity contribution >= 4 is 17.4 Å². The fourth-order valence-electron chi connectivity index (χ4n) is 1.56. The van der Waals surface area contributed by atoms with Crippen LogP contribution in [0.25, 0.3) is 0 Å². The van der Waals surface area contributed by atoms with Gasteiger partial charge in [0, 0.05) is 10.6 Å². The quantitative estimate of drug-likeness (QED) is 0.390. The van der Waals surface area contributed by atoms with Crippen LogP contribution in [0, 0.1) is 6.92 Å². The Labute approximate surface area is 116 Å². The smallest absolute Gasteiger partial charge is 0.170 e. The summed E-state index contributed by atoms with van der Waals surface area (Å²) in [5.74, 6) is 1.41. The van der Waals surface area contributed by atoms with Gasteiger partial charge in [-0.3, -0.25) is 0 Å². The molecule has 98 valence electrons. The fraction of sp³-hybridized carbons (Fsp3) is 0.0714. The van der Waals surface area contributed by atoms with Gasteiger partial charge in [0.2, 0.25) is 0 Å². The molecule has 0 bridgehead atoms. The summed E-state index contributed by atoms with van der Waals surface area (Å²) in [6.07, 6.45) is 0. The Morgan fingerprint density at radius 2 is 1.89 bits per heavy atom. The third-order valence-corrected chi connectivity index (χ3v) is 2.87. The molecule has 0 saturated carbocycles. The van der Waals surface area contributed by atoms with Gasteiger partial charge < -0.3 is 15.7 Å². The van der Waals surface area contributed by atoms with E-state index in [4.69, 9.17) is 27.3 Å². The van der Waals surface area contributed by atoms with Gasteiger partial charge in [0.15, 0.2) is 5.84 Å². The summed E-state index contributed by atoms with van der Waals surface area (Å²) in [5.41, 5.74) is 7.10. The Bertz CT molecular complexity index is 609. The van der Waals surface area contributed by atoms with Crippen LogP contribution in [0.4, 0.5) is 0 Å². The number of halogens is 1. The zero-order chi connectivity index (χ0) is 13.8. The van der Waals surface area contributed by atoms with Gasteiger partial charge >= 0.3 is 0 Å². The molecule has 0 heterocycles. The molecule has 0 aliphatic carbocycles. The molecule has 2 rings (SSSR count). The number of ether oxygens (including phenoxy) is 1. The van der Waals surface area contributed by atoms with Crippen molar-refractivity contribution in [1.82, 2.24) is 0 Å². The molecule has 0 aromatic heterocycles. The SMILES string of the molecule is Cc1ccc(Cl)cc1Oc1ccc(C(N)=NO)cc1. The summed E-state index contributed by atoms with van der Waals surface area (Å²) in [6, 6.07) is 12.4. The van der Waals surface area contributed by atoms with Crippen LogP contribution in [0.3, 0.4) is 0 Å². The zero-order valence-electron chi connectivity index (χ0n) is 10.3. The second-order valence-electron chi connectivity index (χ2n) is 4.02. The maximum Gasteiger partial charge on any atom is 0.170 e. The minimum Gasteiger partial charge on any atom is -0.457 e. The summed E-state index contributed by atoms with van der Waals surface area (Å²) in [6.45, 7) is 1.94. The lowest BCUT2D eigenvalue weighted by Crippen LogP contribution is -2.12. The third kappa shape index (κ3) is 3.17. The molecule has 2 aromatic carbocycles. The monoisotopic (exact) mass is 276 g/mol. The van der Waals surface area contributed by atoms with Crippen LogP contribution >= 0.6 is 11.6 Å². The zero-order valence-corrected chi connectivity index (χ0v) is 11.1. The van der Waals surface area contributed by atoms with E-state index in [9.17, 15) is 0 Å². The number of amidine groups is 1. The van der Waals surface area contributed by atoms with Crippen LogP contribution in [-0.2, 0) is 0 Å². The van der Waals surface area contributed by atoms with Crippen molar-refractivity contribution < 1.29 is 9.94 Å². The summed E-state index contributed by atoms with van der Waals surface area (Å²) < 4.78 is 5.73. The van der Waals surface area contributed by atoms with Gasteiger partial charge in [0.1, 0.15) is 11.5 Å². The van der Waals surface area contributed by atoms with E-state index in [1.54, 1.807) is 30.3 Å². The molecule has 5 heteroatoms. The normalized spacial score (nSPS) is 11.4. The maximum absolute atomic E-state index is 8.58. The molecule has 0 fully saturated rings. The van der Waals surface area contributed by atoms with Crippen LogP contribution in [0.5, 0.6) is 11.5 Å². The van der Waals surface area contributed by atoms with E-state index in [1.807, 2.05) is 19.1 Å². The molecule has 0 unspecified atom stereocenters. The van der Waals surface area contributed by atoms with Crippen molar-refractivity contribution in [2.24, 2.45) is 10.9 Å². The highest BCUT2D eigenvalue weighted by Gasteiger charge is 2.04. The minimum atomic E-state index is 0.0606. The molecule has 0 amide bonds. The molecular formula is C14H13ClN2O2. The number of nitrogens with two attached hydrogens (primary N) is 1. The highest BCUT2D eigenvalue weighted by molar-refractivity contribution is 6.30. The Balaban J connectivity index is 2.22. The molecule has 0 saturated heterocycles. The van der Waals surface area contributed by atoms with Crippen LogP contribution in [0.15, 0.2) is 47.6 Å². The third-order valence-electron chi connectivity index (χ3n) is 2.64. The van der Waals surface area contributed by atoms with Gasteiger partial charge in [0.25, 0.3) is 0 Å². The highest BCUT2D eigenvalue weighted by Crippen LogP contribution is 2.27. The van der Waals surface area contributed by atoms with Crippen LogP contribution in [-0.4, -0.2) is 11.0 Å². The van der Waals surface area contributed by atoms with Gasteiger partial charge in [-0.1, -0.05) is 22.8 Å². The lowest BCUT2D eigenvalue weighted by molar-refractivity contribution is 0.318. The van der Waals surface area contributed by atoms with Crippen LogP contribution in [0.1, 0.15) is 11.1 Å². The number of benzene rings is 2. The molecule has 3 N–H and O–H groups in total. The predicted octanol–water partition coefficient (Wildman–Crippen LogP) is 3.54. The van der Waals surface area contributed by atoms with Crippen LogP contribution < -0.4 is 10.5 Å². The number of nitrogens with zero attached hydrogens (tertiary/aromatic N) is 1. The van der Waals surface area contributed by atoms with E-state index >= 15 is 0 Å². The average molecular weight is 277 g/mol. The van der Waals surface area contributed by atoms with E-state index in [0.717, 1.165) is 5.56 Å². The first kappa shape index (κ1) is 13.2. The molecule has 4 nitrogen and oxygen atoms in total. The summed E-state index contributed by atoms with van der Waals surface area (Å²) >= 11 is 5.93. The number of aryl methyl sites for hydroxylation is 1. The molecule has 0 aliphatic rings. The van der Waals surface area contributed by atoms with E-state index in [1.165, 1.54) is 0 Å². The highest BCUT2D eigenvalue weighted by atomic mass is 35.5. The lowest BCUT2D eigenvalue weighted by Gasteiger charge is -2.09. The van der Waals surface area contributed by atoms with Gasteiger partial charge in [-0.2, -0.15) is 0 Å². The second kappa shape index (κ2) is 5.63. The van der Waals surface area contributed by atoms with Crippen molar-refractivity contribution in [2.75, 3.05) is 0 Å². The summed E-state index contributed by atoms with van der Waals surface area (Å²) in [7, 11) is 0. The van der Waals surface area contributed by atoms with Crippen LogP contribution in [0.2, 0.25) is 5.02 Å². The first-order chi connectivity index (χ1) is 9.10. The molecule has 0 atom stereocenters. The summed E-state index contributed by atoms with van der Waals surface area (Å²) in [4.78, 5) is 0. The van der Waals surface area contributed by atoms with Crippen molar-refractivity contribution in [3.8, 4) is 11.5 Å². The number of hydrogen-bond donors (Lipinski definition) is 2. The van der Waals surface area contributed by atoms with Crippen molar-refractivity contribution in [2.45, 2.75) is 6.92 Å². The van der Waals surface area contributed by atoms with Gasteiger partial charge in [-0.15, -0.1) is 0 Å². The van der Waals surface area contributed by atoms with E-state index < -0.39 is 0 Å². The Kier molecular flexibility index (Phi) is 3.92. The Morgan fingerprint density at radius 3 is 2.53 bits per heavy atom. The second-order valence-corrected chi connectivity index (χ2v) is 4.46. The number of oxime groups is 1. The first-order valence-corrected chi connectivity index (χ1v) is 6.00. The maximum atomic E-state index is 8.58. The van der Waals surface area contributed by atoms with E-state index in [-0.39, 0.29) is 5.84 Å². The molecule has 19 heavy (non-hydrogen) atoms. The summed E-state index contributed by atoms with van der Waals surface area (Å²) in [5, 5.41) is 12.1. The molecule has 0 spiro atoms. The first-order valence-electron chi connectivity index (χ1n) is 5.62. The van der Waals surface area contributed by atoms with Gasteiger partial charge in [-0.05, 0) is 48.9 Å². The Hall–Kier alpha value is -2.20. The molecular weight excluding hydrogens is 264 g/mol. The largest absolute Gasteiger partial charge is 0.457 e. The number of hydrogen-bond acceptors (Lipinski definition) is 3. The standard InChI is InChI=1S/C14H13ClN2O2/c1-9-2-5-11(15)8-13(9)19-12-6-3-10(4-7-12)14(16)17-18/h2-8,18H,1H3,(H2,16,17). The minimum absolute atomic E-state index is 0.0606. The van der Waals surface area contributed by atoms with Crippen molar-refractivity contribution in [3.05, 3.63) is 58.6 Å². The van der Waals surface area contributed by atoms with Crippen molar-refractivity contribution in [1.29, 1.82) is 0 Å². The molecule has 2 aromatic rings. The number of rotatable bonds is 3. The fourth-order valence-corrected chi connectivity index (χ4v) is 1.72. The average Bonchev–Trinajstić information content (AvgIpc) is 2.43. The molecule has 0 aliphatic heterocycles. The van der Waals surface area contributed by atoms with Gasteiger partial charge in [-0.25, -0.2) is 0 Å².